The maximum atomic E-state index is 13.6. The first kappa shape index (κ1) is 22.0. The van der Waals surface area contributed by atoms with E-state index in [4.69, 9.17) is 9.47 Å². The van der Waals surface area contributed by atoms with Gasteiger partial charge in [0.25, 0.3) is 5.91 Å². The van der Waals surface area contributed by atoms with E-state index >= 15 is 0 Å². The lowest BCUT2D eigenvalue weighted by molar-refractivity contribution is 0.0988. The van der Waals surface area contributed by atoms with Crippen molar-refractivity contribution in [1.82, 2.24) is 10.2 Å². The highest BCUT2D eigenvalue weighted by atomic mass is 79.9. The van der Waals surface area contributed by atoms with Crippen LogP contribution in [0.25, 0.3) is 11.3 Å². The average Bonchev–Trinajstić information content (AvgIpc) is 3.40. The summed E-state index contributed by atoms with van der Waals surface area (Å²) in [6.07, 6.45) is 0. The fourth-order valence-corrected chi connectivity index (χ4v) is 4.55. The molecule has 0 saturated carbocycles. The van der Waals surface area contributed by atoms with Crippen molar-refractivity contribution in [1.29, 1.82) is 0 Å². The molecule has 0 saturated heterocycles. The number of carbonyl (C=O) groups is 1. The van der Waals surface area contributed by atoms with Gasteiger partial charge in [-0.3, -0.25) is 14.8 Å². The number of halogens is 1. The average molecular weight is 520 g/mol. The number of nitrogens with zero attached hydrogens (tertiary/aromatic N) is 2. The molecule has 0 radical (unpaired) electrons. The molecule has 172 valence electrons. The molecule has 8 heteroatoms. The monoisotopic (exact) mass is 519 g/mol. The summed E-state index contributed by atoms with van der Waals surface area (Å²) in [6.45, 7) is 2.52. The molecule has 7 nitrogen and oxygen atoms in total. The Morgan fingerprint density at radius 1 is 1.09 bits per heavy atom. The van der Waals surface area contributed by atoms with Crippen LogP contribution in [0.4, 0.5) is 5.69 Å². The van der Waals surface area contributed by atoms with Gasteiger partial charge in [0, 0.05) is 21.3 Å². The molecule has 0 spiro atoms. The van der Waals surface area contributed by atoms with Crippen LogP contribution in [0, 0.1) is 0 Å². The zero-order valence-corrected chi connectivity index (χ0v) is 20.2. The van der Waals surface area contributed by atoms with Crippen molar-refractivity contribution >= 4 is 27.5 Å². The first-order valence-corrected chi connectivity index (χ1v) is 11.6. The maximum absolute atomic E-state index is 13.6. The van der Waals surface area contributed by atoms with E-state index in [1.165, 1.54) is 7.11 Å². The van der Waals surface area contributed by atoms with E-state index in [1.54, 1.807) is 23.1 Å². The van der Waals surface area contributed by atoms with Crippen molar-refractivity contribution in [2.24, 2.45) is 0 Å². The van der Waals surface area contributed by atoms with Gasteiger partial charge in [0.1, 0.15) is 11.4 Å². The fourth-order valence-electron chi connectivity index (χ4n) is 4.29. The van der Waals surface area contributed by atoms with Gasteiger partial charge in [-0.25, -0.2) is 0 Å². The summed E-state index contributed by atoms with van der Waals surface area (Å²) in [5.74, 6) is 0.954. The summed E-state index contributed by atoms with van der Waals surface area (Å²) in [5, 5.41) is 17.6. The van der Waals surface area contributed by atoms with Gasteiger partial charge in [-0.05, 0) is 73.2 Å². The number of aromatic amines is 1. The van der Waals surface area contributed by atoms with Gasteiger partial charge in [0.15, 0.2) is 11.5 Å². The molecule has 0 aliphatic carbocycles. The molecule has 1 aliphatic rings. The Morgan fingerprint density at radius 2 is 1.82 bits per heavy atom. The van der Waals surface area contributed by atoms with Crippen LogP contribution < -0.4 is 14.4 Å². The molecular weight excluding hydrogens is 498 g/mol. The van der Waals surface area contributed by atoms with E-state index in [1.807, 2.05) is 55.5 Å². The summed E-state index contributed by atoms with van der Waals surface area (Å²) in [6, 6.07) is 19.9. The highest BCUT2D eigenvalue weighted by molar-refractivity contribution is 9.10. The van der Waals surface area contributed by atoms with Crippen molar-refractivity contribution < 1.29 is 19.4 Å². The largest absolute Gasteiger partial charge is 0.504 e. The number of benzene rings is 3. The number of fused-ring (bicyclic) bond motifs is 1. The van der Waals surface area contributed by atoms with Gasteiger partial charge in [0.05, 0.1) is 25.5 Å². The Balaban J connectivity index is 1.68. The van der Waals surface area contributed by atoms with Crippen LogP contribution in [0.2, 0.25) is 0 Å². The van der Waals surface area contributed by atoms with E-state index in [0.717, 1.165) is 32.6 Å². The van der Waals surface area contributed by atoms with Gasteiger partial charge in [-0.15, -0.1) is 0 Å². The van der Waals surface area contributed by atoms with E-state index < -0.39 is 6.04 Å². The number of hydrogen-bond donors (Lipinski definition) is 2. The Kier molecular flexibility index (Phi) is 5.75. The molecule has 3 aromatic carbocycles. The number of phenolic OH excluding ortho intramolecular Hbond substituents is 1. The molecule has 0 fully saturated rings. The third-order valence-corrected chi connectivity index (χ3v) is 6.36. The number of nitrogens with one attached hydrogen (secondary N) is 1. The number of aromatic nitrogens is 2. The smallest absolute Gasteiger partial charge is 0.277 e. The molecule has 1 aliphatic heterocycles. The van der Waals surface area contributed by atoms with Crippen LogP contribution >= 0.6 is 15.9 Å². The van der Waals surface area contributed by atoms with Gasteiger partial charge in [-0.1, -0.05) is 22.0 Å². The van der Waals surface area contributed by atoms with Crippen molar-refractivity contribution in [3.05, 3.63) is 88.0 Å². The molecule has 4 aromatic rings. The Labute approximate surface area is 205 Å². The molecule has 34 heavy (non-hydrogen) atoms. The van der Waals surface area contributed by atoms with Crippen LogP contribution in [0.5, 0.6) is 17.2 Å². The second-order valence-electron chi connectivity index (χ2n) is 7.80. The second kappa shape index (κ2) is 8.87. The first-order valence-electron chi connectivity index (χ1n) is 10.8. The molecule has 1 unspecified atom stereocenters. The lowest BCUT2D eigenvalue weighted by Crippen LogP contribution is -2.29. The molecular formula is C26H22BrN3O4. The molecule has 5 rings (SSSR count). The lowest BCUT2D eigenvalue weighted by Gasteiger charge is -2.27. The standard InChI is InChI=1S/C26H22BrN3O4/c1-3-34-19-11-4-15(5-12-19)23-22-24(29-28-23)26(32)30(18-9-7-17(27)8-10-18)25(22)16-6-13-20(31)21(14-16)33-2/h4-14,25,31H,3H2,1-2H3,(H,28,29). The highest BCUT2D eigenvalue weighted by Gasteiger charge is 2.43. The molecule has 0 bridgehead atoms. The van der Waals surface area contributed by atoms with Gasteiger partial charge in [0.2, 0.25) is 0 Å². The van der Waals surface area contributed by atoms with E-state index in [0.29, 0.717) is 23.7 Å². The molecule has 1 aromatic heterocycles. The highest BCUT2D eigenvalue weighted by Crippen LogP contribution is 2.46. The minimum Gasteiger partial charge on any atom is -0.504 e. The second-order valence-corrected chi connectivity index (χ2v) is 8.72. The molecule has 1 atom stereocenters. The summed E-state index contributed by atoms with van der Waals surface area (Å²) in [4.78, 5) is 15.3. The van der Waals surface area contributed by atoms with Crippen LogP contribution in [0.15, 0.2) is 71.2 Å². The number of amides is 1. The molecule has 1 amide bonds. The number of rotatable bonds is 6. The minimum atomic E-state index is -0.474. The minimum absolute atomic E-state index is 0.0323. The van der Waals surface area contributed by atoms with E-state index in [2.05, 4.69) is 26.1 Å². The number of aromatic hydroxyl groups is 1. The van der Waals surface area contributed by atoms with Crippen LogP contribution in [-0.4, -0.2) is 34.9 Å². The van der Waals surface area contributed by atoms with Crippen LogP contribution in [0.1, 0.15) is 34.6 Å². The summed E-state index contributed by atoms with van der Waals surface area (Å²) >= 11 is 3.46. The summed E-state index contributed by atoms with van der Waals surface area (Å²) in [5.41, 5.74) is 4.28. The third kappa shape index (κ3) is 3.70. The van der Waals surface area contributed by atoms with Gasteiger partial charge in [-0.2, -0.15) is 5.10 Å². The number of anilines is 1. The number of phenols is 1. The zero-order valence-electron chi connectivity index (χ0n) is 18.6. The van der Waals surface area contributed by atoms with Gasteiger partial charge < -0.3 is 14.6 Å². The third-order valence-electron chi connectivity index (χ3n) is 5.83. The topological polar surface area (TPSA) is 87.7 Å². The summed E-state index contributed by atoms with van der Waals surface area (Å²) < 4.78 is 11.8. The van der Waals surface area contributed by atoms with Crippen LogP contribution in [0.3, 0.4) is 0 Å². The van der Waals surface area contributed by atoms with Crippen molar-refractivity contribution in [2.45, 2.75) is 13.0 Å². The van der Waals surface area contributed by atoms with E-state index in [9.17, 15) is 9.90 Å². The Hall–Kier alpha value is -3.78. The molecule has 2 heterocycles. The van der Waals surface area contributed by atoms with Gasteiger partial charge >= 0.3 is 0 Å². The Bertz CT molecular complexity index is 1350. The van der Waals surface area contributed by atoms with Crippen molar-refractivity contribution in [3.8, 4) is 28.5 Å². The predicted octanol–water partition coefficient (Wildman–Crippen LogP) is 5.70. The van der Waals surface area contributed by atoms with Crippen LogP contribution in [-0.2, 0) is 0 Å². The first-order chi connectivity index (χ1) is 16.5. The number of H-pyrrole nitrogens is 1. The maximum Gasteiger partial charge on any atom is 0.277 e. The molecule has 2 N–H and O–H groups in total. The number of carbonyl (C=O) groups excluding carboxylic acids is 1. The zero-order chi connectivity index (χ0) is 23.8. The predicted molar refractivity (Wildman–Crippen MR) is 133 cm³/mol. The Morgan fingerprint density at radius 3 is 2.50 bits per heavy atom. The van der Waals surface area contributed by atoms with Crippen molar-refractivity contribution in [2.75, 3.05) is 18.6 Å². The lowest BCUT2D eigenvalue weighted by atomic mass is 9.95. The fraction of sp³-hybridized carbons (Fsp3) is 0.154. The van der Waals surface area contributed by atoms with E-state index in [-0.39, 0.29) is 11.7 Å². The van der Waals surface area contributed by atoms with Crippen molar-refractivity contribution in [3.63, 3.8) is 0 Å². The SMILES string of the molecule is CCOc1ccc(-c2n[nH]c3c2C(c2ccc(O)c(OC)c2)N(c2ccc(Br)cc2)C3=O)cc1. The summed E-state index contributed by atoms with van der Waals surface area (Å²) in [7, 11) is 1.50. The quantitative estimate of drug-likeness (QED) is 0.341. The number of hydrogen-bond acceptors (Lipinski definition) is 5. The number of ether oxygens (including phenoxy) is 2. The normalized spacial score (nSPS) is 14.9. The number of methoxy groups -OCH3 is 1.